The third kappa shape index (κ3) is 4.41. The Hall–Kier alpha value is -2.57. The molecule has 1 aliphatic rings. The monoisotopic (exact) mass is 455 g/mol. The molecule has 0 spiro atoms. The largest absolute Gasteiger partial charge is 0.461 e. The molecule has 0 saturated heterocycles. The number of ether oxygens (including phenoxy) is 1. The van der Waals surface area contributed by atoms with Crippen LogP contribution in [0, 0.1) is 0 Å². The Morgan fingerprint density at radius 1 is 1.19 bits per heavy atom. The van der Waals surface area contributed by atoms with Gasteiger partial charge in [-0.05, 0) is 49.3 Å². The van der Waals surface area contributed by atoms with Gasteiger partial charge in [-0.3, -0.25) is 4.79 Å². The first kappa shape index (κ1) is 21.7. The zero-order valence-corrected chi connectivity index (χ0v) is 18.9. The van der Waals surface area contributed by atoms with Crippen LogP contribution in [0.1, 0.15) is 69.0 Å². The lowest BCUT2D eigenvalue weighted by Gasteiger charge is -2.13. The Morgan fingerprint density at radius 3 is 2.68 bits per heavy atom. The normalized spacial score (nSPS) is 13.3. The predicted molar refractivity (Wildman–Crippen MR) is 120 cm³/mol. The lowest BCUT2D eigenvalue weighted by Crippen LogP contribution is -2.15. The van der Waals surface area contributed by atoms with E-state index >= 15 is 0 Å². The van der Waals surface area contributed by atoms with Crippen molar-refractivity contribution in [2.45, 2.75) is 37.0 Å². The third-order valence-electron chi connectivity index (χ3n) is 5.29. The maximum absolute atomic E-state index is 13.7. The van der Waals surface area contributed by atoms with E-state index in [1.54, 1.807) is 36.9 Å². The van der Waals surface area contributed by atoms with Gasteiger partial charge in [-0.15, -0.1) is 11.8 Å². The molecule has 1 aliphatic carbocycles. The van der Waals surface area contributed by atoms with Crippen LogP contribution in [0.3, 0.4) is 0 Å². The van der Waals surface area contributed by atoms with Gasteiger partial charge in [-0.2, -0.15) is 0 Å². The summed E-state index contributed by atoms with van der Waals surface area (Å²) in [6.07, 6.45) is 4.32. The first-order valence-corrected chi connectivity index (χ1v) is 11.8. The van der Waals surface area contributed by atoms with Gasteiger partial charge in [-0.25, -0.2) is 4.79 Å². The van der Waals surface area contributed by atoms with Crippen LogP contribution in [0.15, 0.2) is 51.9 Å². The molecule has 0 aliphatic heterocycles. The molecule has 0 atom stereocenters. The molecule has 5 nitrogen and oxygen atoms in total. The molecule has 0 radical (unpaired) electrons. The van der Waals surface area contributed by atoms with E-state index in [9.17, 15) is 9.59 Å². The minimum Gasteiger partial charge on any atom is -0.461 e. The molecule has 1 fully saturated rings. The van der Waals surface area contributed by atoms with Crippen LogP contribution in [0.2, 0.25) is 5.02 Å². The van der Waals surface area contributed by atoms with Crippen LogP contribution < -0.4 is 0 Å². The highest BCUT2D eigenvalue weighted by molar-refractivity contribution is 7.98. The number of thioether (sulfide) groups is 1. The zero-order chi connectivity index (χ0) is 22.0. The van der Waals surface area contributed by atoms with E-state index in [2.05, 4.69) is 5.16 Å². The van der Waals surface area contributed by atoms with Crippen LogP contribution >= 0.6 is 23.4 Å². The number of hydrogen-bond acceptors (Lipinski definition) is 6. The Balaban J connectivity index is 1.79. The van der Waals surface area contributed by atoms with Gasteiger partial charge >= 0.3 is 5.97 Å². The van der Waals surface area contributed by atoms with Gasteiger partial charge in [0.1, 0.15) is 5.56 Å². The average molecular weight is 456 g/mol. The SMILES string of the molecule is CCOC(=O)c1noc(C2CC2)c1C(=O)c1cccc(Cl)c1Cc1ccccc1SC. The van der Waals surface area contributed by atoms with Crippen molar-refractivity contribution >= 4 is 35.1 Å². The highest BCUT2D eigenvalue weighted by Gasteiger charge is 2.38. The molecule has 3 aromatic rings. The van der Waals surface area contributed by atoms with Gasteiger partial charge in [0, 0.05) is 27.8 Å². The molecule has 7 heteroatoms. The molecule has 1 aromatic heterocycles. The topological polar surface area (TPSA) is 69.4 Å². The summed E-state index contributed by atoms with van der Waals surface area (Å²) >= 11 is 8.20. The molecular weight excluding hydrogens is 434 g/mol. The average Bonchev–Trinajstić information content (AvgIpc) is 3.53. The van der Waals surface area contributed by atoms with Crippen molar-refractivity contribution in [3.05, 3.63) is 81.2 Å². The standard InChI is InChI=1S/C24H22ClNO4S/c1-3-29-24(28)21-20(23(30-26-21)14-11-12-14)22(27)16-8-6-9-18(25)17(16)13-15-7-4-5-10-19(15)31-2/h4-10,14H,3,11-13H2,1-2H3. The summed E-state index contributed by atoms with van der Waals surface area (Å²) in [6, 6.07) is 13.3. The fourth-order valence-corrected chi connectivity index (χ4v) is 4.47. The molecule has 2 aromatic carbocycles. The quantitative estimate of drug-likeness (QED) is 0.238. The lowest BCUT2D eigenvalue weighted by molar-refractivity contribution is 0.0512. The van der Waals surface area contributed by atoms with Gasteiger partial charge < -0.3 is 9.26 Å². The first-order valence-electron chi connectivity index (χ1n) is 10.2. The van der Waals surface area contributed by atoms with Gasteiger partial charge in [0.2, 0.25) is 5.69 Å². The van der Waals surface area contributed by atoms with E-state index in [0.717, 1.165) is 23.3 Å². The number of halogens is 1. The molecular formula is C24H22ClNO4S. The van der Waals surface area contributed by atoms with Crippen molar-refractivity contribution in [3.8, 4) is 0 Å². The maximum atomic E-state index is 13.7. The molecule has 0 N–H and O–H groups in total. The summed E-state index contributed by atoms with van der Waals surface area (Å²) in [5.41, 5.74) is 2.37. The molecule has 31 heavy (non-hydrogen) atoms. The highest BCUT2D eigenvalue weighted by atomic mass is 35.5. The highest BCUT2D eigenvalue weighted by Crippen LogP contribution is 2.43. The van der Waals surface area contributed by atoms with Crippen LogP contribution in [0.5, 0.6) is 0 Å². The number of benzene rings is 2. The summed E-state index contributed by atoms with van der Waals surface area (Å²) < 4.78 is 10.6. The molecule has 4 rings (SSSR count). The number of esters is 1. The minimum absolute atomic E-state index is 0.0656. The summed E-state index contributed by atoms with van der Waals surface area (Å²) in [5, 5.41) is 4.40. The molecule has 1 saturated carbocycles. The Morgan fingerprint density at radius 2 is 1.97 bits per heavy atom. The van der Waals surface area contributed by atoms with Gasteiger partial charge in [0.25, 0.3) is 0 Å². The first-order chi connectivity index (χ1) is 15.0. The number of rotatable bonds is 8. The number of nitrogens with zero attached hydrogens (tertiary/aromatic N) is 1. The third-order valence-corrected chi connectivity index (χ3v) is 6.48. The second-order valence-electron chi connectivity index (χ2n) is 7.35. The minimum atomic E-state index is -0.655. The molecule has 160 valence electrons. The fraction of sp³-hybridized carbons (Fsp3) is 0.292. The Kier molecular flexibility index (Phi) is 6.49. The van der Waals surface area contributed by atoms with E-state index < -0.39 is 5.97 Å². The van der Waals surface area contributed by atoms with Crippen molar-refractivity contribution in [2.24, 2.45) is 0 Å². The Bertz CT molecular complexity index is 1140. The molecule has 0 unspecified atom stereocenters. The number of aromatic nitrogens is 1. The number of ketones is 1. The Labute approximate surface area is 190 Å². The molecule has 0 amide bonds. The van der Waals surface area contributed by atoms with E-state index in [1.807, 2.05) is 30.5 Å². The van der Waals surface area contributed by atoms with E-state index in [1.165, 1.54) is 0 Å². The maximum Gasteiger partial charge on any atom is 0.361 e. The summed E-state index contributed by atoms with van der Waals surface area (Å²) in [6.45, 7) is 1.89. The summed E-state index contributed by atoms with van der Waals surface area (Å²) in [5.74, 6) is -0.402. The van der Waals surface area contributed by atoms with Crippen LogP contribution in [0.4, 0.5) is 0 Å². The zero-order valence-electron chi connectivity index (χ0n) is 17.3. The second kappa shape index (κ2) is 9.28. The van der Waals surface area contributed by atoms with Crippen molar-refractivity contribution in [2.75, 3.05) is 12.9 Å². The van der Waals surface area contributed by atoms with Crippen molar-refractivity contribution in [3.63, 3.8) is 0 Å². The van der Waals surface area contributed by atoms with Crippen LogP contribution in [0.25, 0.3) is 0 Å². The van der Waals surface area contributed by atoms with Gasteiger partial charge in [0.05, 0.1) is 6.61 Å². The lowest BCUT2D eigenvalue weighted by atomic mass is 9.92. The summed E-state index contributed by atoms with van der Waals surface area (Å²) in [7, 11) is 0. The number of carbonyl (C=O) groups excluding carboxylic acids is 2. The van der Waals surface area contributed by atoms with Crippen molar-refractivity contribution < 1.29 is 18.8 Å². The summed E-state index contributed by atoms with van der Waals surface area (Å²) in [4.78, 5) is 27.3. The molecule has 0 bridgehead atoms. The van der Waals surface area contributed by atoms with Crippen molar-refractivity contribution in [1.82, 2.24) is 5.16 Å². The number of hydrogen-bond donors (Lipinski definition) is 0. The van der Waals surface area contributed by atoms with Gasteiger partial charge in [0.15, 0.2) is 11.5 Å². The predicted octanol–water partition coefficient (Wildman–Crippen LogP) is 5.93. The molecule has 1 heterocycles. The number of carbonyl (C=O) groups is 2. The van der Waals surface area contributed by atoms with Crippen molar-refractivity contribution in [1.29, 1.82) is 0 Å². The second-order valence-corrected chi connectivity index (χ2v) is 8.60. The fourth-order valence-electron chi connectivity index (χ4n) is 3.61. The van der Waals surface area contributed by atoms with Gasteiger partial charge in [-0.1, -0.05) is 47.1 Å². The van der Waals surface area contributed by atoms with Crippen LogP contribution in [-0.2, 0) is 11.2 Å². The van der Waals surface area contributed by atoms with E-state index in [0.29, 0.717) is 28.3 Å². The van der Waals surface area contributed by atoms with Crippen LogP contribution in [-0.4, -0.2) is 29.8 Å². The van der Waals surface area contributed by atoms with E-state index in [4.69, 9.17) is 20.9 Å². The van der Waals surface area contributed by atoms with E-state index in [-0.39, 0.29) is 29.6 Å². The smallest absolute Gasteiger partial charge is 0.361 e.